The predicted molar refractivity (Wildman–Crippen MR) is 107 cm³/mol. The van der Waals surface area contributed by atoms with Crippen LogP contribution in [0.15, 0.2) is 59.5 Å². The summed E-state index contributed by atoms with van der Waals surface area (Å²) in [5.74, 6) is 0.649. The zero-order valence-corrected chi connectivity index (χ0v) is 16.1. The van der Waals surface area contributed by atoms with Crippen molar-refractivity contribution in [3.05, 3.63) is 71.3 Å². The molecule has 0 fully saturated rings. The van der Waals surface area contributed by atoms with Crippen molar-refractivity contribution in [2.75, 3.05) is 5.32 Å². The van der Waals surface area contributed by atoms with Crippen LogP contribution >= 0.6 is 0 Å². The molecule has 0 aliphatic carbocycles. The molecule has 1 heterocycles. The summed E-state index contributed by atoms with van der Waals surface area (Å²) in [5.41, 5.74) is 4.30. The molecule has 3 rings (SSSR count). The Morgan fingerprint density at radius 3 is 2.33 bits per heavy atom. The Bertz CT molecular complexity index is 1030. The van der Waals surface area contributed by atoms with Gasteiger partial charge in [0.25, 0.3) is 0 Å². The van der Waals surface area contributed by atoms with E-state index < -0.39 is 10.0 Å². The summed E-state index contributed by atoms with van der Waals surface area (Å²) in [6.45, 7) is 4.59. The van der Waals surface area contributed by atoms with Crippen molar-refractivity contribution in [3.8, 4) is 11.3 Å². The maximum absolute atomic E-state index is 11.8. The molecule has 7 heteroatoms. The van der Waals surface area contributed by atoms with Gasteiger partial charge in [-0.1, -0.05) is 48.9 Å². The number of nitrogens with zero attached hydrogens (tertiary/aromatic N) is 2. The lowest BCUT2D eigenvalue weighted by Gasteiger charge is -2.09. The molecule has 0 spiro atoms. The molecule has 0 amide bonds. The highest BCUT2D eigenvalue weighted by molar-refractivity contribution is 7.89. The van der Waals surface area contributed by atoms with E-state index in [1.54, 1.807) is 18.2 Å². The summed E-state index contributed by atoms with van der Waals surface area (Å²) in [6.07, 6.45) is 0.583. The number of hydrogen-bond acceptors (Lipinski definition) is 5. The average Bonchev–Trinajstić information content (AvgIpc) is 2.67. The molecule has 0 saturated carbocycles. The summed E-state index contributed by atoms with van der Waals surface area (Å²) in [6, 6.07) is 17.0. The molecule has 6 nitrogen and oxygen atoms in total. The first-order valence-electron chi connectivity index (χ1n) is 8.66. The van der Waals surface area contributed by atoms with E-state index in [0.29, 0.717) is 35.6 Å². The van der Waals surface area contributed by atoms with Crippen molar-refractivity contribution in [2.45, 2.75) is 31.7 Å². The molecule has 0 aliphatic heterocycles. The van der Waals surface area contributed by atoms with E-state index in [4.69, 9.17) is 5.14 Å². The third-order valence-corrected chi connectivity index (χ3v) is 5.30. The summed E-state index contributed by atoms with van der Waals surface area (Å²) in [7, 11) is -3.79. The van der Waals surface area contributed by atoms with Crippen LogP contribution in [-0.2, 0) is 23.0 Å². The topological polar surface area (TPSA) is 98.0 Å². The molecule has 2 aromatic carbocycles. The second kappa shape index (κ2) is 7.85. The molecule has 0 bridgehead atoms. The van der Waals surface area contributed by atoms with E-state index in [2.05, 4.69) is 46.7 Å². The van der Waals surface area contributed by atoms with Gasteiger partial charge >= 0.3 is 0 Å². The van der Waals surface area contributed by atoms with Crippen LogP contribution in [0.3, 0.4) is 0 Å². The number of sulfonamides is 1. The van der Waals surface area contributed by atoms with Crippen LogP contribution in [-0.4, -0.2) is 18.6 Å². The minimum absolute atomic E-state index is 0.130. The standard InChI is InChI=1S/C20H22N4O2S/c1-3-16-8-9-17(12-19(16)27(21,25)26)18-10-11-20(24-23-18)22-13-15-6-4-14(2)5-7-15/h4-12H,3,13H2,1-2H3,(H,22,24)(H2,21,25,26). The number of benzene rings is 2. The Balaban J connectivity index is 1.78. The number of hydrogen-bond donors (Lipinski definition) is 2. The van der Waals surface area contributed by atoms with Gasteiger partial charge in [0.1, 0.15) is 5.82 Å². The van der Waals surface area contributed by atoms with Crippen LogP contribution in [0.5, 0.6) is 0 Å². The normalized spacial score (nSPS) is 11.4. The molecular formula is C20H22N4O2S. The highest BCUT2D eigenvalue weighted by Gasteiger charge is 2.15. The van der Waals surface area contributed by atoms with Gasteiger partial charge in [-0.25, -0.2) is 13.6 Å². The van der Waals surface area contributed by atoms with Crippen LogP contribution in [0, 0.1) is 6.92 Å². The van der Waals surface area contributed by atoms with Gasteiger partial charge in [0, 0.05) is 12.1 Å². The second-order valence-electron chi connectivity index (χ2n) is 6.36. The SMILES string of the molecule is CCc1ccc(-c2ccc(NCc3ccc(C)cc3)nn2)cc1S(N)(=O)=O. The summed E-state index contributed by atoms with van der Waals surface area (Å²) >= 11 is 0. The minimum atomic E-state index is -3.79. The van der Waals surface area contributed by atoms with Crippen molar-refractivity contribution in [2.24, 2.45) is 5.14 Å². The summed E-state index contributed by atoms with van der Waals surface area (Å²) in [4.78, 5) is 0.130. The predicted octanol–water partition coefficient (Wildman–Crippen LogP) is 3.27. The Morgan fingerprint density at radius 1 is 1.00 bits per heavy atom. The fourth-order valence-corrected chi connectivity index (χ4v) is 3.62. The zero-order valence-electron chi connectivity index (χ0n) is 15.3. The Labute approximate surface area is 159 Å². The van der Waals surface area contributed by atoms with Gasteiger partial charge in [0.2, 0.25) is 10.0 Å². The van der Waals surface area contributed by atoms with E-state index in [0.717, 1.165) is 5.56 Å². The highest BCUT2D eigenvalue weighted by Crippen LogP contribution is 2.24. The second-order valence-corrected chi connectivity index (χ2v) is 7.89. The molecule has 140 valence electrons. The molecule has 0 saturated heterocycles. The van der Waals surface area contributed by atoms with Crippen LogP contribution in [0.1, 0.15) is 23.6 Å². The number of rotatable bonds is 6. The van der Waals surface area contributed by atoms with Crippen molar-refractivity contribution in [1.82, 2.24) is 10.2 Å². The van der Waals surface area contributed by atoms with Gasteiger partial charge < -0.3 is 5.32 Å². The van der Waals surface area contributed by atoms with Gasteiger partial charge in [0.15, 0.2) is 0 Å². The van der Waals surface area contributed by atoms with E-state index in [1.165, 1.54) is 5.56 Å². The van der Waals surface area contributed by atoms with Crippen LogP contribution < -0.4 is 10.5 Å². The molecule has 1 aromatic heterocycles. The maximum Gasteiger partial charge on any atom is 0.238 e. The number of nitrogens with two attached hydrogens (primary N) is 1. The van der Waals surface area contributed by atoms with E-state index in [9.17, 15) is 8.42 Å². The number of nitrogens with one attached hydrogen (secondary N) is 1. The molecule has 0 radical (unpaired) electrons. The van der Waals surface area contributed by atoms with E-state index in [1.807, 2.05) is 19.1 Å². The number of anilines is 1. The van der Waals surface area contributed by atoms with Gasteiger partial charge in [-0.05, 0) is 42.7 Å². The Morgan fingerprint density at radius 2 is 1.74 bits per heavy atom. The minimum Gasteiger partial charge on any atom is -0.365 e. The van der Waals surface area contributed by atoms with Gasteiger partial charge in [-0.2, -0.15) is 0 Å². The first-order valence-corrected chi connectivity index (χ1v) is 10.2. The molecule has 0 unspecified atom stereocenters. The third-order valence-electron chi connectivity index (χ3n) is 4.31. The monoisotopic (exact) mass is 382 g/mol. The number of aromatic nitrogens is 2. The van der Waals surface area contributed by atoms with Crippen molar-refractivity contribution in [3.63, 3.8) is 0 Å². The largest absolute Gasteiger partial charge is 0.365 e. The maximum atomic E-state index is 11.8. The Hall–Kier alpha value is -2.77. The molecule has 0 atom stereocenters. The number of primary sulfonamides is 1. The lowest BCUT2D eigenvalue weighted by molar-refractivity contribution is 0.596. The first kappa shape index (κ1) is 19.0. The summed E-state index contributed by atoms with van der Waals surface area (Å²) in [5, 5.41) is 16.9. The zero-order chi connectivity index (χ0) is 19.4. The van der Waals surface area contributed by atoms with E-state index >= 15 is 0 Å². The molecular weight excluding hydrogens is 360 g/mol. The quantitative estimate of drug-likeness (QED) is 0.682. The lowest BCUT2D eigenvalue weighted by atomic mass is 10.1. The first-order chi connectivity index (χ1) is 12.9. The van der Waals surface area contributed by atoms with Crippen LogP contribution in [0.25, 0.3) is 11.3 Å². The van der Waals surface area contributed by atoms with Crippen molar-refractivity contribution in [1.29, 1.82) is 0 Å². The van der Waals surface area contributed by atoms with Gasteiger partial charge in [-0.15, -0.1) is 10.2 Å². The number of aryl methyl sites for hydroxylation is 2. The lowest BCUT2D eigenvalue weighted by Crippen LogP contribution is -2.14. The fraction of sp³-hybridized carbons (Fsp3) is 0.200. The van der Waals surface area contributed by atoms with Gasteiger partial charge in [0.05, 0.1) is 10.6 Å². The molecule has 3 aromatic rings. The van der Waals surface area contributed by atoms with Crippen molar-refractivity contribution >= 4 is 15.8 Å². The smallest absolute Gasteiger partial charge is 0.238 e. The average molecular weight is 382 g/mol. The van der Waals surface area contributed by atoms with E-state index in [-0.39, 0.29) is 4.90 Å². The molecule has 27 heavy (non-hydrogen) atoms. The van der Waals surface area contributed by atoms with Crippen molar-refractivity contribution < 1.29 is 8.42 Å². The summed E-state index contributed by atoms with van der Waals surface area (Å²) < 4.78 is 23.6. The Kier molecular flexibility index (Phi) is 5.53. The van der Waals surface area contributed by atoms with Crippen LogP contribution in [0.2, 0.25) is 0 Å². The molecule has 0 aliphatic rings. The molecule has 3 N–H and O–H groups in total. The highest BCUT2D eigenvalue weighted by atomic mass is 32.2. The fourth-order valence-electron chi connectivity index (χ4n) is 2.75. The van der Waals surface area contributed by atoms with Gasteiger partial charge in [-0.3, -0.25) is 0 Å². The third kappa shape index (κ3) is 4.69. The van der Waals surface area contributed by atoms with Crippen LogP contribution in [0.4, 0.5) is 5.82 Å².